The Bertz CT molecular complexity index is 398. The second-order valence-corrected chi connectivity index (χ2v) is 4.89. The number of hydrazine groups is 1. The van der Waals surface area contributed by atoms with Crippen molar-refractivity contribution >= 4 is 11.6 Å². The zero-order chi connectivity index (χ0) is 15.0. The van der Waals surface area contributed by atoms with Gasteiger partial charge in [0.2, 0.25) is 0 Å². The minimum atomic E-state index is -0.00365. The molecule has 0 aromatic carbocycles. The largest absolute Gasteiger partial charge is 0.382 e. The second kappa shape index (κ2) is 9.31. The molecule has 0 aliphatic heterocycles. The van der Waals surface area contributed by atoms with Crippen molar-refractivity contribution in [2.24, 2.45) is 5.84 Å². The van der Waals surface area contributed by atoms with Gasteiger partial charge in [0.25, 0.3) is 0 Å². The molecule has 116 valence electrons. The summed E-state index contributed by atoms with van der Waals surface area (Å²) in [4.78, 5) is 0. The lowest BCUT2D eigenvalue weighted by atomic mass is 10.1. The molecule has 1 unspecified atom stereocenters. The molecule has 7 heteroatoms. The van der Waals surface area contributed by atoms with Gasteiger partial charge in [0.15, 0.2) is 0 Å². The average Bonchev–Trinajstić information content (AvgIpc) is 2.78. The van der Waals surface area contributed by atoms with Crippen LogP contribution in [0.3, 0.4) is 0 Å². The Morgan fingerprint density at radius 3 is 2.70 bits per heavy atom. The highest BCUT2D eigenvalue weighted by atomic mass is 35.5. The molecule has 1 atom stereocenters. The zero-order valence-electron chi connectivity index (χ0n) is 12.5. The number of rotatable bonds is 10. The molecule has 0 aliphatic carbocycles. The highest BCUT2D eigenvalue weighted by molar-refractivity contribution is 6.31. The maximum absolute atomic E-state index is 6.38. The summed E-state index contributed by atoms with van der Waals surface area (Å²) in [5, 5.41) is 5.24. The van der Waals surface area contributed by atoms with Gasteiger partial charge in [-0.05, 0) is 13.3 Å². The van der Waals surface area contributed by atoms with Crippen LogP contribution in [0.4, 0.5) is 0 Å². The van der Waals surface area contributed by atoms with E-state index >= 15 is 0 Å². The minimum absolute atomic E-state index is 0.00365. The molecule has 0 saturated carbocycles. The van der Waals surface area contributed by atoms with Crippen molar-refractivity contribution in [3.05, 3.63) is 16.4 Å². The molecule has 1 aromatic rings. The van der Waals surface area contributed by atoms with Crippen molar-refractivity contribution in [2.75, 3.05) is 26.9 Å². The van der Waals surface area contributed by atoms with Crippen LogP contribution in [0.25, 0.3) is 0 Å². The van der Waals surface area contributed by atoms with Crippen LogP contribution < -0.4 is 11.3 Å². The van der Waals surface area contributed by atoms with E-state index in [2.05, 4.69) is 10.5 Å². The van der Waals surface area contributed by atoms with E-state index < -0.39 is 0 Å². The van der Waals surface area contributed by atoms with Crippen LogP contribution in [0, 0.1) is 0 Å². The number of aromatic nitrogens is 2. The number of nitrogens with zero attached hydrogens (tertiary/aromatic N) is 2. The summed E-state index contributed by atoms with van der Waals surface area (Å²) in [5.41, 5.74) is 4.70. The molecule has 0 saturated heterocycles. The summed E-state index contributed by atoms with van der Waals surface area (Å²) in [7, 11) is 1.65. The normalized spacial score (nSPS) is 12.8. The van der Waals surface area contributed by atoms with Crippen molar-refractivity contribution in [3.63, 3.8) is 0 Å². The van der Waals surface area contributed by atoms with Crippen molar-refractivity contribution < 1.29 is 9.47 Å². The monoisotopic (exact) mass is 304 g/mol. The number of aryl methyl sites for hydroxylation is 2. The van der Waals surface area contributed by atoms with Crippen molar-refractivity contribution in [1.82, 2.24) is 15.2 Å². The summed E-state index contributed by atoms with van der Waals surface area (Å²) >= 11 is 6.38. The van der Waals surface area contributed by atoms with Crippen LogP contribution in [-0.2, 0) is 28.9 Å². The van der Waals surface area contributed by atoms with Crippen LogP contribution in [-0.4, -0.2) is 42.8 Å². The van der Waals surface area contributed by atoms with Gasteiger partial charge in [-0.1, -0.05) is 18.5 Å². The van der Waals surface area contributed by atoms with Crippen LogP contribution in [0.15, 0.2) is 0 Å². The summed E-state index contributed by atoms with van der Waals surface area (Å²) in [6.45, 7) is 6.51. The highest BCUT2D eigenvalue weighted by Crippen LogP contribution is 2.22. The standard InChI is InChI=1S/C13H25ClN4O2/c1-4-11-13(14)12(18(5-2)17-11)8-10(16-15)9-20-7-6-19-3/h10,16H,4-9,15H2,1-3H3. The number of halogens is 1. The Kier molecular flexibility index (Phi) is 8.09. The SMILES string of the molecule is CCc1nn(CC)c(CC(COCCOC)NN)c1Cl. The van der Waals surface area contributed by atoms with Gasteiger partial charge < -0.3 is 9.47 Å². The molecule has 0 bridgehead atoms. The number of nitrogens with one attached hydrogen (secondary N) is 1. The van der Waals surface area contributed by atoms with Crippen molar-refractivity contribution in [3.8, 4) is 0 Å². The number of nitrogens with two attached hydrogens (primary N) is 1. The van der Waals surface area contributed by atoms with Gasteiger partial charge in [0.1, 0.15) is 0 Å². The van der Waals surface area contributed by atoms with E-state index in [9.17, 15) is 0 Å². The third-order valence-corrected chi connectivity index (χ3v) is 3.56. The van der Waals surface area contributed by atoms with Gasteiger partial charge in [-0.25, -0.2) is 0 Å². The van der Waals surface area contributed by atoms with E-state index in [-0.39, 0.29) is 6.04 Å². The molecule has 0 fully saturated rings. The molecule has 0 aliphatic rings. The van der Waals surface area contributed by atoms with Gasteiger partial charge in [-0.2, -0.15) is 5.10 Å². The Labute approximate surface area is 125 Å². The lowest BCUT2D eigenvalue weighted by Crippen LogP contribution is -2.41. The Morgan fingerprint density at radius 2 is 2.15 bits per heavy atom. The van der Waals surface area contributed by atoms with Crippen LogP contribution >= 0.6 is 11.6 Å². The number of ether oxygens (including phenoxy) is 2. The van der Waals surface area contributed by atoms with Gasteiger partial charge in [0.05, 0.1) is 36.2 Å². The molecular formula is C13H25ClN4O2. The first kappa shape index (κ1) is 17.4. The summed E-state index contributed by atoms with van der Waals surface area (Å²) in [6, 6.07) is -0.00365. The topological polar surface area (TPSA) is 74.3 Å². The van der Waals surface area contributed by atoms with E-state index in [1.165, 1.54) is 0 Å². The fraction of sp³-hybridized carbons (Fsp3) is 0.769. The van der Waals surface area contributed by atoms with E-state index in [1.54, 1.807) is 7.11 Å². The fourth-order valence-electron chi connectivity index (χ4n) is 1.98. The lowest BCUT2D eigenvalue weighted by molar-refractivity contribution is 0.0584. The predicted molar refractivity (Wildman–Crippen MR) is 79.8 cm³/mol. The third-order valence-electron chi connectivity index (χ3n) is 3.12. The fourth-order valence-corrected chi connectivity index (χ4v) is 2.33. The molecule has 1 rings (SSSR count). The van der Waals surface area contributed by atoms with Crippen molar-refractivity contribution in [1.29, 1.82) is 0 Å². The molecule has 1 aromatic heterocycles. The van der Waals surface area contributed by atoms with Gasteiger partial charge >= 0.3 is 0 Å². The molecule has 0 amide bonds. The van der Waals surface area contributed by atoms with Crippen molar-refractivity contribution in [2.45, 2.75) is 39.3 Å². The first-order valence-corrected chi connectivity index (χ1v) is 7.32. The minimum Gasteiger partial charge on any atom is -0.382 e. The number of hydrogen-bond donors (Lipinski definition) is 2. The first-order valence-electron chi connectivity index (χ1n) is 6.94. The smallest absolute Gasteiger partial charge is 0.0850 e. The number of methoxy groups -OCH3 is 1. The van der Waals surface area contributed by atoms with E-state index in [1.807, 2.05) is 18.5 Å². The molecule has 0 radical (unpaired) electrons. The maximum Gasteiger partial charge on any atom is 0.0850 e. The Morgan fingerprint density at radius 1 is 1.40 bits per heavy atom. The second-order valence-electron chi connectivity index (χ2n) is 4.51. The number of hydrogen-bond acceptors (Lipinski definition) is 5. The van der Waals surface area contributed by atoms with Crippen LogP contribution in [0.1, 0.15) is 25.2 Å². The van der Waals surface area contributed by atoms with E-state index in [0.717, 1.165) is 29.4 Å². The molecule has 6 nitrogen and oxygen atoms in total. The molecule has 0 spiro atoms. The van der Waals surface area contributed by atoms with Crippen LogP contribution in [0.2, 0.25) is 5.02 Å². The quantitative estimate of drug-likeness (QED) is 0.385. The first-order chi connectivity index (χ1) is 9.67. The zero-order valence-corrected chi connectivity index (χ0v) is 13.2. The molecule has 20 heavy (non-hydrogen) atoms. The third kappa shape index (κ3) is 4.71. The van der Waals surface area contributed by atoms with Gasteiger partial charge in [0, 0.05) is 26.1 Å². The predicted octanol–water partition coefficient (Wildman–Crippen LogP) is 1.16. The Hall–Kier alpha value is -0.660. The van der Waals surface area contributed by atoms with E-state index in [4.69, 9.17) is 26.9 Å². The summed E-state index contributed by atoms with van der Waals surface area (Å²) in [5.74, 6) is 5.58. The average molecular weight is 305 g/mol. The maximum atomic E-state index is 6.38. The summed E-state index contributed by atoms with van der Waals surface area (Å²) in [6.07, 6.45) is 1.51. The van der Waals surface area contributed by atoms with E-state index in [0.29, 0.717) is 26.2 Å². The molecular weight excluding hydrogens is 280 g/mol. The van der Waals surface area contributed by atoms with Gasteiger partial charge in [-0.3, -0.25) is 16.0 Å². The molecule has 1 heterocycles. The molecule has 3 N–H and O–H groups in total. The van der Waals surface area contributed by atoms with Crippen LogP contribution in [0.5, 0.6) is 0 Å². The van der Waals surface area contributed by atoms with Gasteiger partial charge in [-0.15, -0.1) is 0 Å². The highest BCUT2D eigenvalue weighted by Gasteiger charge is 2.18. The Balaban J connectivity index is 2.66. The summed E-state index contributed by atoms with van der Waals surface area (Å²) < 4.78 is 12.4. The lowest BCUT2D eigenvalue weighted by Gasteiger charge is -2.17.